The molecule has 104 valence electrons. The van der Waals surface area contributed by atoms with Crippen LogP contribution in [0, 0.1) is 0 Å². The molecule has 0 amide bonds. The minimum Gasteiger partial charge on any atom is -0.307 e. The van der Waals surface area contributed by atoms with Crippen molar-refractivity contribution in [2.24, 2.45) is 0 Å². The van der Waals surface area contributed by atoms with E-state index in [-0.39, 0.29) is 6.04 Å². The summed E-state index contributed by atoms with van der Waals surface area (Å²) in [5, 5.41) is 4.42. The zero-order chi connectivity index (χ0) is 13.8. The summed E-state index contributed by atoms with van der Waals surface area (Å²) in [7, 11) is 1.91. The lowest BCUT2D eigenvalue weighted by Crippen LogP contribution is -2.40. The molecule has 1 aromatic heterocycles. The summed E-state index contributed by atoms with van der Waals surface area (Å²) in [4.78, 5) is 3.22. The SMILES string of the molecule is CC(CNCC(F)(F)F)N(C)Cc1cc(Br)cs1. The van der Waals surface area contributed by atoms with Gasteiger partial charge in [0.15, 0.2) is 0 Å². The highest BCUT2D eigenvalue weighted by Gasteiger charge is 2.26. The highest BCUT2D eigenvalue weighted by molar-refractivity contribution is 9.10. The zero-order valence-corrected chi connectivity index (χ0v) is 12.6. The first-order chi connectivity index (χ1) is 8.28. The van der Waals surface area contributed by atoms with Gasteiger partial charge in [-0.25, -0.2) is 0 Å². The summed E-state index contributed by atoms with van der Waals surface area (Å²) in [6.07, 6.45) is -4.14. The van der Waals surface area contributed by atoms with Crippen LogP contribution in [0.1, 0.15) is 11.8 Å². The van der Waals surface area contributed by atoms with Crippen LogP contribution >= 0.6 is 27.3 Å². The molecule has 0 fully saturated rings. The van der Waals surface area contributed by atoms with Crippen LogP contribution in [0.2, 0.25) is 0 Å². The van der Waals surface area contributed by atoms with Crippen molar-refractivity contribution in [1.82, 2.24) is 10.2 Å². The van der Waals surface area contributed by atoms with Crippen molar-refractivity contribution in [2.45, 2.75) is 25.7 Å². The van der Waals surface area contributed by atoms with Crippen molar-refractivity contribution < 1.29 is 13.2 Å². The number of hydrogen-bond donors (Lipinski definition) is 1. The Kier molecular flexibility index (Phi) is 6.10. The molecule has 0 bridgehead atoms. The number of nitrogens with one attached hydrogen (secondary N) is 1. The first kappa shape index (κ1) is 15.9. The fourth-order valence-electron chi connectivity index (χ4n) is 1.42. The normalized spacial score (nSPS) is 14.2. The van der Waals surface area contributed by atoms with E-state index in [9.17, 15) is 13.2 Å². The van der Waals surface area contributed by atoms with Crippen LogP contribution in [0.4, 0.5) is 13.2 Å². The van der Waals surface area contributed by atoms with Crippen LogP contribution in [-0.4, -0.2) is 37.3 Å². The number of hydrogen-bond acceptors (Lipinski definition) is 3. The second-order valence-electron chi connectivity index (χ2n) is 4.24. The number of rotatable bonds is 6. The summed E-state index contributed by atoms with van der Waals surface area (Å²) < 4.78 is 37.0. The summed E-state index contributed by atoms with van der Waals surface area (Å²) in [6.45, 7) is 2.04. The van der Waals surface area contributed by atoms with Crippen LogP contribution < -0.4 is 5.32 Å². The monoisotopic (exact) mass is 344 g/mol. The van der Waals surface area contributed by atoms with Gasteiger partial charge in [0.05, 0.1) is 6.54 Å². The van der Waals surface area contributed by atoms with Crippen molar-refractivity contribution in [2.75, 3.05) is 20.1 Å². The first-order valence-corrected chi connectivity index (χ1v) is 7.16. The third kappa shape index (κ3) is 6.17. The Morgan fingerprint density at radius 3 is 2.67 bits per heavy atom. The number of halogens is 4. The molecule has 0 radical (unpaired) electrons. The molecular weight excluding hydrogens is 329 g/mol. The predicted octanol–water partition coefficient (Wildman–Crippen LogP) is 3.48. The average molecular weight is 345 g/mol. The van der Waals surface area contributed by atoms with Crippen LogP contribution in [0.25, 0.3) is 0 Å². The van der Waals surface area contributed by atoms with Crippen LogP contribution in [0.3, 0.4) is 0 Å². The fourth-order valence-corrected chi connectivity index (χ4v) is 2.93. The van der Waals surface area contributed by atoms with Gasteiger partial charge in [-0.05, 0) is 36.0 Å². The fraction of sp³-hybridized carbons (Fsp3) is 0.636. The van der Waals surface area contributed by atoms with Gasteiger partial charge >= 0.3 is 6.18 Å². The Morgan fingerprint density at radius 1 is 1.50 bits per heavy atom. The van der Waals surface area contributed by atoms with E-state index in [0.29, 0.717) is 6.54 Å². The van der Waals surface area contributed by atoms with E-state index in [1.165, 1.54) is 4.88 Å². The van der Waals surface area contributed by atoms with Crippen LogP contribution in [0.5, 0.6) is 0 Å². The lowest BCUT2D eigenvalue weighted by Gasteiger charge is -2.24. The number of alkyl halides is 3. The molecule has 1 unspecified atom stereocenters. The lowest BCUT2D eigenvalue weighted by molar-refractivity contribution is -0.125. The van der Waals surface area contributed by atoms with E-state index in [1.807, 2.05) is 30.3 Å². The van der Waals surface area contributed by atoms with Gasteiger partial charge in [-0.3, -0.25) is 4.90 Å². The van der Waals surface area contributed by atoms with Crippen molar-refractivity contribution in [3.8, 4) is 0 Å². The molecule has 1 heterocycles. The highest BCUT2D eigenvalue weighted by Crippen LogP contribution is 2.21. The van der Waals surface area contributed by atoms with Crippen molar-refractivity contribution in [3.05, 3.63) is 20.8 Å². The maximum Gasteiger partial charge on any atom is 0.401 e. The van der Waals surface area contributed by atoms with Gasteiger partial charge in [0.25, 0.3) is 0 Å². The second kappa shape index (κ2) is 6.88. The molecule has 0 aliphatic carbocycles. The Bertz CT molecular complexity index is 367. The van der Waals surface area contributed by atoms with Gasteiger partial charge in [0, 0.05) is 33.9 Å². The second-order valence-corrected chi connectivity index (χ2v) is 6.15. The van der Waals surface area contributed by atoms with E-state index in [1.54, 1.807) is 11.3 Å². The van der Waals surface area contributed by atoms with Crippen molar-refractivity contribution in [3.63, 3.8) is 0 Å². The summed E-state index contributed by atoms with van der Waals surface area (Å²) in [5.74, 6) is 0. The van der Waals surface area contributed by atoms with E-state index in [4.69, 9.17) is 0 Å². The number of nitrogens with zero attached hydrogens (tertiary/aromatic N) is 1. The molecule has 0 aliphatic heterocycles. The Morgan fingerprint density at radius 2 is 2.17 bits per heavy atom. The largest absolute Gasteiger partial charge is 0.401 e. The topological polar surface area (TPSA) is 15.3 Å². The molecule has 1 aromatic rings. The molecule has 2 nitrogen and oxygen atoms in total. The third-order valence-electron chi connectivity index (χ3n) is 2.54. The molecule has 0 saturated carbocycles. The molecule has 0 aromatic carbocycles. The van der Waals surface area contributed by atoms with E-state index in [2.05, 4.69) is 21.2 Å². The molecule has 0 aliphatic rings. The number of thiophene rings is 1. The van der Waals surface area contributed by atoms with Gasteiger partial charge in [-0.15, -0.1) is 11.3 Å². The van der Waals surface area contributed by atoms with Gasteiger partial charge in [-0.1, -0.05) is 0 Å². The molecule has 7 heteroatoms. The molecule has 0 saturated heterocycles. The third-order valence-corrected chi connectivity index (χ3v) is 4.23. The van der Waals surface area contributed by atoms with Gasteiger partial charge in [0.2, 0.25) is 0 Å². The van der Waals surface area contributed by atoms with E-state index >= 15 is 0 Å². The lowest BCUT2D eigenvalue weighted by atomic mass is 10.3. The average Bonchev–Trinajstić information content (AvgIpc) is 2.61. The summed E-state index contributed by atoms with van der Waals surface area (Å²) in [5.41, 5.74) is 0. The summed E-state index contributed by atoms with van der Waals surface area (Å²) >= 11 is 5.01. The Balaban J connectivity index is 2.30. The maximum absolute atomic E-state index is 12.0. The smallest absolute Gasteiger partial charge is 0.307 e. The molecule has 18 heavy (non-hydrogen) atoms. The number of likely N-dealkylation sites (N-methyl/N-ethyl adjacent to an activating group) is 1. The highest BCUT2D eigenvalue weighted by atomic mass is 79.9. The molecule has 1 atom stereocenters. The minimum absolute atomic E-state index is 0.0493. The van der Waals surface area contributed by atoms with Crippen LogP contribution in [-0.2, 0) is 6.54 Å². The van der Waals surface area contributed by atoms with Gasteiger partial charge in [0.1, 0.15) is 0 Å². The molecular formula is C11H16BrF3N2S. The Labute approximate surface area is 117 Å². The molecule has 1 N–H and O–H groups in total. The van der Waals surface area contributed by atoms with Crippen molar-refractivity contribution in [1.29, 1.82) is 0 Å². The van der Waals surface area contributed by atoms with Crippen LogP contribution in [0.15, 0.2) is 15.9 Å². The molecule has 1 rings (SSSR count). The summed E-state index contributed by atoms with van der Waals surface area (Å²) in [6, 6.07) is 2.07. The van der Waals surface area contributed by atoms with Gasteiger partial charge in [-0.2, -0.15) is 13.2 Å². The first-order valence-electron chi connectivity index (χ1n) is 5.48. The minimum atomic E-state index is -4.14. The maximum atomic E-state index is 12.0. The van der Waals surface area contributed by atoms with Crippen molar-refractivity contribution >= 4 is 27.3 Å². The predicted molar refractivity (Wildman–Crippen MR) is 71.9 cm³/mol. The molecule has 0 spiro atoms. The Hall–Kier alpha value is -0.110. The van der Waals surface area contributed by atoms with E-state index < -0.39 is 12.7 Å². The zero-order valence-electron chi connectivity index (χ0n) is 10.2. The van der Waals surface area contributed by atoms with Gasteiger partial charge < -0.3 is 5.32 Å². The van der Waals surface area contributed by atoms with E-state index in [0.717, 1.165) is 11.0 Å². The quantitative estimate of drug-likeness (QED) is 0.849. The standard InChI is InChI=1S/C11H16BrF3N2S/c1-8(4-16-7-11(13,14)15)17(2)5-10-3-9(12)6-18-10/h3,6,8,16H,4-5,7H2,1-2H3.